The molecule has 1 unspecified atom stereocenters. The summed E-state index contributed by atoms with van der Waals surface area (Å²) in [6, 6.07) is 13.2. The summed E-state index contributed by atoms with van der Waals surface area (Å²) in [6.07, 6.45) is 0.314. The van der Waals surface area contributed by atoms with Gasteiger partial charge in [-0.15, -0.1) is 0 Å². The molecule has 6 heteroatoms. The molecule has 0 saturated carbocycles. The van der Waals surface area contributed by atoms with Gasteiger partial charge in [0.15, 0.2) is 11.4 Å². The lowest BCUT2D eigenvalue weighted by atomic mass is 9.89. The van der Waals surface area contributed by atoms with Crippen LogP contribution in [0, 0.1) is 20.8 Å². The van der Waals surface area contributed by atoms with E-state index < -0.39 is 17.5 Å². The number of benzene rings is 2. The van der Waals surface area contributed by atoms with E-state index in [0.717, 1.165) is 22.4 Å². The molecule has 0 aliphatic carbocycles. The van der Waals surface area contributed by atoms with Crippen LogP contribution in [0.4, 0.5) is 5.82 Å². The summed E-state index contributed by atoms with van der Waals surface area (Å²) < 4.78 is 5.48. The predicted molar refractivity (Wildman–Crippen MR) is 111 cm³/mol. The first-order chi connectivity index (χ1) is 13.8. The van der Waals surface area contributed by atoms with Gasteiger partial charge >= 0.3 is 5.97 Å². The van der Waals surface area contributed by atoms with Gasteiger partial charge in [0.2, 0.25) is 0 Å². The van der Waals surface area contributed by atoms with Crippen LogP contribution in [0.2, 0.25) is 0 Å². The molecule has 1 atom stereocenters. The number of cyclic esters (lactones) is 1. The third-order valence-corrected chi connectivity index (χ3v) is 5.51. The fourth-order valence-electron chi connectivity index (χ4n) is 3.68. The number of carbonyl (C=O) groups excluding carboxylic acids is 2. The summed E-state index contributed by atoms with van der Waals surface area (Å²) in [7, 11) is 0. The standard InChI is InChI=1S/C23H23N3O3/c1-13-9-15(3)18(10-14(13)2)19-11-20(26-25-19)24-22(28)23(4)12-16-7-5-6-8-17(16)21(27)29-23/h5-11H,12H2,1-4H3,(H2,24,25,26,28). The molecular weight excluding hydrogens is 366 g/mol. The van der Waals surface area contributed by atoms with Gasteiger partial charge in [-0.1, -0.05) is 24.3 Å². The van der Waals surface area contributed by atoms with Gasteiger partial charge in [0, 0.05) is 18.1 Å². The minimum atomic E-state index is -1.29. The van der Waals surface area contributed by atoms with Crippen LogP contribution < -0.4 is 5.32 Å². The number of ether oxygens (including phenoxy) is 1. The first kappa shape index (κ1) is 18.9. The molecule has 29 heavy (non-hydrogen) atoms. The topological polar surface area (TPSA) is 84.1 Å². The lowest BCUT2D eigenvalue weighted by Gasteiger charge is -2.32. The summed E-state index contributed by atoms with van der Waals surface area (Å²) in [5.41, 5.74) is 5.40. The molecule has 0 spiro atoms. The van der Waals surface area contributed by atoms with Gasteiger partial charge in [-0.3, -0.25) is 9.89 Å². The molecule has 0 radical (unpaired) electrons. The van der Waals surface area contributed by atoms with E-state index in [-0.39, 0.29) is 0 Å². The monoisotopic (exact) mass is 389 g/mol. The van der Waals surface area contributed by atoms with E-state index in [1.54, 1.807) is 25.1 Å². The summed E-state index contributed by atoms with van der Waals surface area (Å²) >= 11 is 0. The molecule has 1 aromatic heterocycles. The number of aryl methyl sites for hydroxylation is 3. The molecule has 1 aliphatic rings. The Bertz CT molecular complexity index is 1130. The third-order valence-electron chi connectivity index (χ3n) is 5.51. The quantitative estimate of drug-likeness (QED) is 0.660. The zero-order valence-electron chi connectivity index (χ0n) is 16.9. The van der Waals surface area contributed by atoms with Gasteiger partial charge in [-0.05, 0) is 62.1 Å². The molecule has 1 aliphatic heterocycles. The van der Waals surface area contributed by atoms with Crippen molar-refractivity contribution in [2.45, 2.75) is 39.7 Å². The van der Waals surface area contributed by atoms with Crippen LogP contribution in [0.3, 0.4) is 0 Å². The number of hydrogen-bond donors (Lipinski definition) is 2. The van der Waals surface area contributed by atoms with E-state index in [0.29, 0.717) is 17.8 Å². The maximum absolute atomic E-state index is 12.9. The number of H-pyrrole nitrogens is 1. The summed E-state index contributed by atoms with van der Waals surface area (Å²) in [4.78, 5) is 25.2. The Morgan fingerprint density at radius 1 is 1.07 bits per heavy atom. The molecule has 148 valence electrons. The van der Waals surface area contributed by atoms with E-state index >= 15 is 0 Å². The highest BCUT2D eigenvalue weighted by atomic mass is 16.6. The molecule has 2 aromatic carbocycles. The fraction of sp³-hybridized carbons (Fsp3) is 0.261. The van der Waals surface area contributed by atoms with Gasteiger partial charge < -0.3 is 10.1 Å². The lowest BCUT2D eigenvalue weighted by Crippen LogP contribution is -2.48. The van der Waals surface area contributed by atoms with Crippen LogP contribution >= 0.6 is 0 Å². The zero-order valence-corrected chi connectivity index (χ0v) is 16.9. The van der Waals surface area contributed by atoms with Crippen LogP contribution in [-0.2, 0) is 16.0 Å². The summed E-state index contributed by atoms with van der Waals surface area (Å²) in [5, 5.41) is 9.98. The van der Waals surface area contributed by atoms with Crippen molar-refractivity contribution in [3.63, 3.8) is 0 Å². The minimum absolute atomic E-state index is 0.314. The second-order valence-corrected chi connectivity index (χ2v) is 7.83. The highest BCUT2D eigenvalue weighted by Crippen LogP contribution is 2.30. The number of aromatic amines is 1. The number of fused-ring (bicyclic) bond motifs is 1. The largest absolute Gasteiger partial charge is 0.445 e. The van der Waals surface area contributed by atoms with Crippen LogP contribution in [0.25, 0.3) is 11.3 Å². The number of esters is 1. The maximum atomic E-state index is 12.9. The molecule has 2 heterocycles. The zero-order chi connectivity index (χ0) is 20.8. The van der Waals surface area contributed by atoms with E-state index in [1.165, 1.54) is 11.1 Å². The Morgan fingerprint density at radius 2 is 1.79 bits per heavy atom. The number of amides is 1. The number of hydrogen-bond acceptors (Lipinski definition) is 4. The molecule has 1 amide bonds. The Hall–Kier alpha value is -3.41. The highest BCUT2D eigenvalue weighted by Gasteiger charge is 2.42. The smallest absolute Gasteiger partial charge is 0.339 e. The molecule has 6 nitrogen and oxygen atoms in total. The average molecular weight is 389 g/mol. The first-order valence-electron chi connectivity index (χ1n) is 9.53. The van der Waals surface area contributed by atoms with Crippen LogP contribution in [-0.4, -0.2) is 27.7 Å². The number of rotatable bonds is 3. The van der Waals surface area contributed by atoms with E-state index in [4.69, 9.17) is 4.74 Å². The van der Waals surface area contributed by atoms with Gasteiger partial charge in [-0.25, -0.2) is 4.79 Å². The Kier molecular flexibility index (Phi) is 4.49. The molecule has 4 rings (SSSR count). The predicted octanol–water partition coefficient (Wildman–Crippen LogP) is 4.11. The number of nitrogens with one attached hydrogen (secondary N) is 2. The molecular formula is C23H23N3O3. The molecule has 0 bridgehead atoms. The number of nitrogens with zero attached hydrogens (tertiary/aromatic N) is 1. The molecule has 3 aromatic rings. The van der Waals surface area contributed by atoms with Crippen molar-refractivity contribution in [3.8, 4) is 11.3 Å². The van der Waals surface area contributed by atoms with Crippen molar-refractivity contribution >= 4 is 17.7 Å². The van der Waals surface area contributed by atoms with Gasteiger partial charge in [0.1, 0.15) is 0 Å². The van der Waals surface area contributed by atoms with Crippen molar-refractivity contribution in [2.75, 3.05) is 5.32 Å². The Morgan fingerprint density at radius 3 is 2.59 bits per heavy atom. The van der Waals surface area contributed by atoms with Gasteiger partial charge in [0.05, 0.1) is 11.3 Å². The minimum Gasteiger partial charge on any atom is -0.445 e. The third kappa shape index (κ3) is 3.42. The van der Waals surface area contributed by atoms with Crippen molar-refractivity contribution in [1.29, 1.82) is 0 Å². The molecule has 0 saturated heterocycles. The first-order valence-corrected chi connectivity index (χ1v) is 9.53. The average Bonchev–Trinajstić information content (AvgIpc) is 3.13. The Labute approximate surface area is 169 Å². The van der Waals surface area contributed by atoms with Crippen molar-refractivity contribution in [2.24, 2.45) is 0 Å². The number of aromatic nitrogens is 2. The van der Waals surface area contributed by atoms with E-state index in [2.05, 4.69) is 41.5 Å². The lowest BCUT2D eigenvalue weighted by molar-refractivity contribution is -0.134. The number of anilines is 1. The second-order valence-electron chi connectivity index (χ2n) is 7.83. The van der Waals surface area contributed by atoms with E-state index in [1.807, 2.05) is 19.1 Å². The van der Waals surface area contributed by atoms with Crippen LogP contribution in [0.5, 0.6) is 0 Å². The fourth-order valence-corrected chi connectivity index (χ4v) is 3.68. The van der Waals surface area contributed by atoms with Gasteiger partial charge in [-0.2, -0.15) is 5.10 Å². The SMILES string of the molecule is Cc1cc(C)c(-c2cc(NC(=O)C3(C)Cc4ccccc4C(=O)O3)n[nH]2)cc1C. The van der Waals surface area contributed by atoms with Crippen molar-refractivity contribution < 1.29 is 14.3 Å². The van der Waals surface area contributed by atoms with Crippen molar-refractivity contribution in [1.82, 2.24) is 10.2 Å². The maximum Gasteiger partial charge on any atom is 0.339 e. The highest BCUT2D eigenvalue weighted by molar-refractivity contribution is 6.02. The number of carbonyl (C=O) groups is 2. The normalized spacial score (nSPS) is 18.1. The summed E-state index contributed by atoms with van der Waals surface area (Å²) in [6.45, 7) is 7.81. The van der Waals surface area contributed by atoms with Crippen LogP contribution in [0.1, 0.15) is 39.5 Å². The Balaban J connectivity index is 1.56. The second kappa shape index (κ2) is 6.88. The summed E-state index contributed by atoms with van der Waals surface area (Å²) in [5.74, 6) is -0.507. The van der Waals surface area contributed by atoms with E-state index in [9.17, 15) is 9.59 Å². The van der Waals surface area contributed by atoms with Gasteiger partial charge in [0.25, 0.3) is 5.91 Å². The molecule has 0 fully saturated rings. The molecule has 2 N–H and O–H groups in total. The van der Waals surface area contributed by atoms with Crippen LogP contribution in [0.15, 0.2) is 42.5 Å². The van der Waals surface area contributed by atoms with Crippen molar-refractivity contribution in [3.05, 3.63) is 70.3 Å².